The normalized spacial score (nSPS) is 30.4. The molecule has 21 heteroatoms. The highest BCUT2D eigenvalue weighted by Gasteiger charge is 2.38. The first-order chi connectivity index (χ1) is 35.9. The van der Waals surface area contributed by atoms with Gasteiger partial charge in [0.15, 0.2) is 0 Å². The lowest BCUT2D eigenvalue weighted by Gasteiger charge is -2.30. The molecule has 10 N–H and O–H groups in total. The number of carbonyl (C=O) groups excluding carboxylic acids is 7. The van der Waals surface area contributed by atoms with E-state index in [-0.39, 0.29) is 36.7 Å². The number of nitrogens with zero attached hydrogens (tertiary/aromatic N) is 1. The Balaban J connectivity index is 1.78. The molecule has 1 fully saturated rings. The van der Waals surface area contributed by atoms with E-state index in [4.69, 9.17) is 4.74 Å². The van der Waals surface area contributed by atoms with Gasteiger partial charge in [-0.15, -0.1) is 0 Å². The average molecular weight is 1060 g/mol. The van der Waals surface area contributed by atoms with Crippen molar-refractivity contribution in [2.75, 3.05) is 14.2 Å². The molecule has 1 saturated heterocycles. The fraction of sp³-hybridized carbons (Fsp3) is 0.545. The topological polar surface area (TPSA) is 319 Å². The van der Waals surface area contributed by atoms with E-state index in [1.54, 1.807) is 37.5 Å². The number of aliphatic hydroxyl groups is 2. The number of allylic oxidation sites excluding steroid dienone is 4. The number of rotatable bonds is 13. The molecule has 1 aromatic rings. The van der Waals surface area contributed by atoms with Crippen molar-refractivity contribution in [2.24, 2.45) is 29.6 Å². The van der Waals surface area contributed by atoms with E-state index >= 15 is 0 Å². The molecule has 0 radical (unpaired) electrons. The molecule has 0 saturated carbocycles. The maximum absolute atomic E-state index is 14.7. The van der Waals surface area contributed by atoms with Crippen molar-refractivity contribution in [3.8, 4) is 0 Å². The molecule has 2 aliphatic carbocycles. The highest BCUT2D eigenvalue weighted by atomic mass is 16.5. The van der Waals surface area contributed by atoms with Crippen LogP contribution in [0.25, 0.3) is 0 Å². The second-order valence-electron chi connectivity index (χ2n) is 20.2. The quantitative estimate of drug-likeness (QED) is 0.0768. The van der Waals surface area contributed by atoms with E-state index in [9.17, 15) is 63.6 Å². The number of hydrogen-bond acceptors (Lipinski definition) is 12. The summed E-state index contributed by atoms with van der Waals surface area (Å²) in [7, 11) is 2.83. The fourth-order valence-electron chi connectivity index (χ4n) is 9.17. The van der Waals surface area contributed by atoms with Crippen LogP contribution < -0.4 is 31.9 Å². The highest BCUT2D eigenvalue weighted by Crippen LogP contribution is 2.25. The van der Waals surface area contributed by atoms with Crippen molar-refractivity contribution in [3.05, 3.63) is 96.3 Å². The van der Waals surface area contributed by atoms with Crippen LogP contribution in [0.4, 0.5) is 0 Å². The molecule has 0 unspecified atom stereocenters. The Kier molecular flexibility index (Phi) is 23.8. The van der Waals surface area contributed by atoms with Crippen molar-refractivity contribution in [2.45, 2.75) is 147 Å². The first-order valence-electron chi connectivity index (χ1n) is 25.8. The molecule has 4 rings (SSSR count). The first kappa shape index (κ1) is 61.6. The van der Waals surface area contributed by atoms with Gasteiger partial charge in [-0.3, -0.25) is 33.6 Å². The van der Waals surface area contributed by atoms with E-state index < -0.39 is 132 Å². The second kappa shape index (κ2) is 29.4. The molecule has 21 nitrogen and oxygen atoms in total. The largest absolute Gasteiger partial charge is 0.480 e. The number of aliphatic hydroxyl groups excluding tert-OH is 2. The van der Waals surface area contributed by atoms with Crippen molar-refractivity contribution < 1.29 is 68.3 Å². The van der Waals surface area contributed by atoms with Crippen molar-refractivity contribution in [3.63, 3.8) is 0 Å². The SMILES string of the molecule is C=C1C(=O)N[C@H](C)C(=O)N[C@@H](C[C@H]2C=C[C@H](O)CC2)C(=O)N[C@@H](C(=O)O)[C@H](C)C(=O)N[C@@H](C[C@H]2C=C[C@H](O)CC2)C(=O)N[C@@H](/C=C/C(C)=C/[C@H](C)[C@H](Cc2ccccc2)OC)[C@H](C)C(=O)N[C@@H](C(=O)O)CCC(=O)N1C. The Bertz CT molecular complexity index is 2390. The Morgan fingerprint density at radius 2 is 1.28 bits per heavy atom. The summed E-state index contributed by atoms with van der Waals surface area (Å²) in [6.45, 7) is 11.4. The summed E-state index contributed by atoms with van der Waals surface area (Å²) in [5.74, 6) is -13.0. The van der Waals surface area contributed by atoms with Gasteiger partial charge in [0.2, 0.25) is 35.4 Å². The number of carbonyl (C=O) groups is 9. The maximum atomic E-state index is 14.7. The van der Waals surface area contributed by atoms with Crippen molar-refractivity contribution >= 4 is 53.3 Å². The van der Waals surface area contributed by atoms with Crippen LogP contribution in [0.1, 0.15) is 91.5 Å². The molecule has 76 heavy (non-hydrogen) atoms. The summed E-state index contributed by atoms with van der Waals surface area (Å²) in [6, 6.07) is 0.840. The van der Waals surface area contributed by atoms with E-state index in [0.29, 0.717) is 37.7 Å². The van der Waals surface area contributed by atoms with Gasteiger partial charge in [-0.25, -0.2) is 9.59 Å². The lowest BCUT2D eigenvalue weighted by atomic mass is 9.88. The van der Waals surface area contributed by atoms with Gasteiger partial charge in [-0.05, 0) is 82.6 Å². The summed E-state index contributed by atoms with van der Waals surface area (Å²) < 4.78 is 5.84. The predicted octanol–water partition coefficient (Wildman–Crippen LogP) is 1.95. The van der Waals surface area contributed by atoms with Crippen LogP contribution in [0.2, 0.25) is 0 Å². The smallest absolute Gasteiger partial charge is 0.327 e. The van der Waals surface area contributed by atoms with E-state index in [2.05, 4.69) is 38.5 Å². The summed E-state index contributed by atoms with van der Waals surface area (Å²) in [6.07, 6.45) is 11.0. The van der Waals surface area contributed by atoms with Crippen LogP contribution in [-0.4, -0.2) is 147 Å². The lowest BCUT2D eigenvalue weighted by Crippen LogP contribution is -2.59. The number of nitrogens with one attached hydrogen (secondary N) is 6. The Morgan fingerprint density at radius 3 is 1.80 bits per heavy atom. The van der Waals surface area contributed by atoms with Crippen LogP contribution in [0.3, 0.4) is 0 Å². The number of hydrogen-bond donors (Lipinski definition) is 10. The maximum Gasteiger partial charge on any atom is 0.327 e. The fourth-order valence-corrected chi connectivity index (χ4v) is 9.17. The number of carboxylic acid groups (broad SMARTS) is 2. The number of benzene rings is 1. The van der Waals surface area contributed by atoms with Gasteiger partial charge in [0.1, 0.15) is 35.9 Å². The van der Waals surface area contributed by atoms with Crippen LogP contribution in [-0.2, 0) is 54.3 Å². The van der Waals surface area contributed by atoms with E-state index in [1.165, 1.54) is 33.9 Å². The monoisotopic (exact) mass is 1060 g/mol. The Hall–Kier alpha value is -6.97. The predicted molar refractivity (Wildman–Crippen MR) is 280 cm³/mol. The zero-order valence-electron chi connectivity index (χ0n) is 44.4. The average Bonchev–Trinajstić information content (AvgIpc) is 3.38. The third-order valence-corrected chi connectivity index (χ3v) is 14.3. The summed E-state index contributed by atoms with van der Waals surface area (Å²) in [5, 5.41) is 56.3. The highest BCUT2D eigenvalue weighted by molar-refractivity contribution is 6.00. The zero-order chi connectivity index (χ0) is 56.4. The summed E-state index contributed by atoms with van der Waals surface area (Å²) in [5.41, 5.74) is 1.35. The number of amides is 7. The van der Waals surface area contributed by atoms with Gasteiger partial charge in [0.25, 0.3) is 5.91 Å². The van der Waals surface area contributed by atoms with Crippen LogP contribution in [0, 0.1) is 29.6 Å². The van der Waals surface area contributed by atoms with Gasteiger partial charge in [0, 0.05) is 26.5 Å². The third-order valence-electron chi connectivity index (χ3n) is 14.3. The standard InChI is InChI=1S/C55H77N7O14/c1-30(26-31(2)45(76-8)29-36-12-10-9-11-13-36)14-23-41-32(3)48(66)58-42(54(72)73)24-25-46(65)62(7)35(6)51(69)56-34(5)50(68)60-44(28-38-17-21-40(64)22-18-38)53(71)61-47(55(74)75)33(4)49(67)59-43(52(70)57-41)27-37-15-19-39(63)20-16-37/h9-15,17,19,21,23,26,31-34,37-45,47,63-64H,6,16,18,20,22,24-25,27-29H2,1-5,7-8H3,(H,56,69)(H,57,70)(H,58,66)(H,59,67)(H,60,68)(H,61,71)(H,72,73)(H,74,75)/b23-14+,30-26+/t31-,32-,33-,34+,37-,38-,39-,40-,41-,42+,43-,44-,45-,47+/m0/s1. The van der Waals surface area contributed by atoms with Crippen LogP contribution >= 0.6 is 0 Å². The van der Waals surface area contributed by atoms with Crippen molar-refractivity contribution in [1.82, 2.24) is 36.8 Å². The van der Waals surface area contributed by atoms with Gasteiger partial charge in [-0.1, -0.05) is 106 Å². The zero-order valence-corrected chi connectivity index (χ0v) is 44.4. The third kappa shape index (κ3) is 18.7. The molecule has 1 heterocycles. The second-order valence-corrected chi connectivity index (χ2v) is 20.2. The Labute approximate surface area is 444 Å². The molecule has 0 spiro atoms. The molecule has 0 bridgehead atoms. The number of methoxy groups -OCH3 is 1. The minimum absolute atomic E-state index is 0.0483. The lowest BCUT2D eigenvalue weighted by molar-refractivity contribution is -0.146. The number of carboxylic acids is 2. The van der Waals surface area contributed by atoms with Crippen molar-refractivity contribution in [1.29, 1.82) is 0 Å². The molecule has 1 aromatic carbocycles. The minimum atomic E-state index is -1.92. The Morgan fingerprint density at radius 1 is 0.724 bits per heavy atom. The molecular formula is C55H77N7O14. The molecule has 0 aromatic heterocycles. The van der Waals surface area contributed by atoms with Gasteiger partial charge in [-0.2, -0.15) is 0 Å². The van der Waals surface area contributed by atoms with E-state index in [1.807, 2.05) is 50.3 Å². The van der Waals surface area contributed by atoms with Gasteiger partial charge >= 0.3 is 11.9 Å². The molecule has 3 aliphatic rings. The molecule has 14 atom stereocenters. The first-order valence-corrected chi connectivity index (χ1v) is 25.8. The molecule has 7 amide bonds. The summed E-state index contributed by atoms with van der Waals surface area (Å²) >= 11 is 0. The van der Waals surface area contributed by atoms with Crippen LogP contribution in [0.5, 0.6) is 0 Å². The molecule has 1 aliphatic heterocycles. The number of ether oxygens (including phenoxy) is 1. The van der Waals surface area contributed by atoms with E-state index in [0.717, 1.165) is 10.5 Å². The molecule has 416 valence electrons. The van der Waals surface area contributed by atoms with Crippen LogP contribution in [0.15, 0.2) is 90.7 Å². The number of aliphatic carboxylic acids is 2. The minimum Gasteiger partial charge on any atom is -0.480 e. The van der Waals surface area contributed by atoms with Gasteiger partial charge < -0.3 is 62.0 Å². The van der Waals surface area contributed by atoms with Gasteiger partial charge in [0.05, 0.1) is 36.2 Å². The summed E-state index contributed by atoms with van der Waals surface area (Å²) in [4.78, 5) is 124. The molecular weight excluding hydrogens is 983 g/mol. The number of likely N-dealkylation sites (N-methyl/N-ethyl adjacent to an activating group) is 1.